The normalized spacial score (nSPS) is 17.7. The molecule has 1 aliphatic rings. The number of hydrogen-bond acceptors (Lipinski definition) is 3. The van der Waals surface area contributed by atoms with E-state index in [9.17, 15) is 17.6 Å². The zero-order valence-electron chi connectivity index (χ0n) is 11.4. The van der Waals surface area contributed by atoms with Crippen molar-refractivity contribution in [3.8, 4) is 0 Å². The fraction of sp³-hybridized carbons (Fsp3) is 0.462. The number of halogens is 2. The van der Waals surface area contributed by atoms with Gasteiger partial charge in [-0.1, -0.05) is 12.8 Å². The quantitative estimate of drug-likeness (QED) is 0.845. The molecule has 5 nitrogen and oxygen atoms in total. The predicted octanol–water partition coefficient (Wildman–Crippen LogP) is 2.30. The lowest BCUT2D eigenvalue weighted by Gasteiger charge is -2.25. The molecule has 1 saturated carbocycles. The molecule has 0 atom stereocenters. The Bertz CT molecular complexity index is 685. The second-order valence-corrected chi connectivity index (χ2v) is 7.86. The number of primary sulfonamides is 1. The van der Waals surface area contributed by atoms with Gasteiger partial charge in [-0.2, -0.15) is 0 Å². The molecule has 0 aromatic heterocycles. The van der Waals surface area contributed by atoms with E-state index in [1.54, 1.807) is 0 Å². The summed E-state index contributed by atoms with van der Waals surface area (Å²) in [4.78, 5) is 11.8. The van der Waals surface area contributed by atoms with E-state index in [4.69, 9.17) is 5.14 Å². The number of rotatable bonds is 3. The Morgan fingerprint density at radius 1 is 1.38 bits per heavy atom. The van der Waals surface area contributed by atoms with Crippen LogP contribution >= 0.6 is 15.9 Å². The highest BCUT2D eigenvalue weighted by atomic mass is 79.9. The lowest BCUT2D eigenvalue weighted by atomic mass is 10.00. The Hall–Kier alpha value is -0.990. The van der Waals surface area contributed by atoms with Crippen LogP contribution in [0.3, 0.4) is 0 Å². The van der Waals surface area contributed by atoms with Crippen LogP contribution in [-0.2, 0) is 10.0 Å². The first-order valence-corrected chi connectivity index (χ1v) is 8.81. The molecular weight excluding hydrogens is 363 g/mol. The summed E-state index contributed by atoms with van der Waals surface area (Å²) in [6.07, 6.45) is 3.74. The fourth-order valence-corrected chi connectivity index (χ4v) is 4.07. The van der Waals surface area contributed by atoms with Gasteiger partial charge in [0.2, 0.25) is 10.0 Å². The minimum atomic E-state index is -4.12. The predicted molar refractivity (Wildman–Crippen MR) is 79.8 cm³/mol. The Morgan fingerprint density at radius 3 is 2.48 bits per heavy atom. The number of nitrogens with two attached hydrogens (primary N) is 1. The largest absolute Gasteiger partial charge is 0.347 e. The molecule has 0 spiro atoms. The van der Waals surface area contributed by atoms with Crippen LogP contribution < -0.4 is 10.5 Å². The third-order valence-electron chi connectivity index (χ3n) is 3.69. The molecule has 21 heavy (non-hydrogen) atoms. The van der Waals surface area contributed by atoms with E-state index >= 15 is 0 Å². The molecule has 8 heteroatoms. The topological polar surface area (TPSA) is 89.3 Å². The van der Waals surface area contributed by atoms with E-state index in [1.807, 2.05) is 6.92 Å². The van der Waals surface area contributed by atoms with Crippen LogP contribution in [0.15, 0.2) is 21.5 Å². The smallest absolute Gasteiger partial charge is 0.251 e. The number of benzene rings is 1. The highest BCUT2D eigenvalue weighted by Gasteiger charge is 2.31. The zero-order chi connectivity index (χ0) is 15.8. The van der Waals surface area contributed by atoms with Gasteiger partial charge in [0.25, 0.3) is 5.91 Å². The third kappa shape index (κ3) is 3.61. The van der Waals surface area contributed by atoms with Crippen LogP contribution in [0, 0.1) is 5.82 Å². The van der Waals surface area contributed by atoms with Gasteiger partial charge in [-0.15, -0.1) is 0 Å². The summed E-state index contributed by atoms with van der Waals surface area (Å²) < 4.78 is 36.4. The summed E-state index contributed by atoms with van der Waals surface area (Å²) in [5.74, 6) is -1.35. The number of hydrogen-bond donors (Lipinski definition) is 2. The van der Waals surface area contributed by atoms with Crippen molar-refractivity contribution in [3.63, 3.8) is 0 Å². The Morgan fingerprint density at radius 2 is 1.95 bits per heavy atom. The van der Waals surface area contributed by atoms with E-state index in [0.717, 1.165) is 37.8 Å². The first kappa shape index (κ1) is 16.4. The van der Waals surface area contributed by atoms with Crippen molar-refractivity contribution in [1.29, 1.82) is 0 Å². The van der Waals surface area contributed by atoms with Gasteiger partial charge >= 0.3 is 0 Å². The number of carbonyl (C=O) groups is 1. The molecule has 1 aromatic carbocycles. The number of carbonyl (C=O) groups excluding carboxylic acids is 1. The fourth-order valence-electron chi connectivity index (χ4n) is 2.53. The van der Waals surface area contributed by atoms with Crippen LogP contribution in [-0.4, -0.2) is 19.9 Å². The summed E-state index contributed by atoms with van der Waals surface area (Å²) >= 11 is 2.83. The standard InChI is InChI=1S/C13H16BrFN2O3S/c1-13(4-2-3-5-13)17-12(18)8-6-9(15)11(14)10(7-8)21(16,19)20/h6-7H,2-5H2,1H3,(H,17,18)(H2,16,19,20). The van der Waals surface area contributed by atoms with E-state index in [-0.39, 0.29) is 15.6 Å². The van der Waals surface area contributed by atoms with Gasteiger partial charge in [-0.05, 0) is 47.8 Å². The Balaban J connectivity index is 2.36. The second kappa shape index (κ2) is 5.66. The molecule has 3 N–H and O–H groups in total. The van der Waals surface area contributed by atoms with E-state index < -0.39 is 26.6 Å². The molecule has 0 saturated heterocycles. The molecule has 2 rings (SSSR count). The van der Waals surface area contributed by atoms with Crippen LogP contribution in [0.4, 0.5) is 4.39 Å². The van der Waals surface area contributed by atoms with Gasteiger partial charge in [0.1, 0.15) is 5.82 Å². The van der Waals surface area contributed by atoms with Crippen LogP contribution in [0.25, 0.3) is 0 Å². The number of nitrogens with one attached hydrogen (secondary N) is 1. The lowest BCUT2D eigenvalue weighted by molar-refractivity contribution is 0.0907. The average Bonchev–Trinajstić information content (AvgIpc) is 2.77. The van der Waals surface area contributed by atoms with Crippen molar-refractivity contribution in [1.82, 2.24) is 5.32 Å². The summed E-state index contributed by atoms with van der Waals surface area (Å²) in [6, 6.07) is 2.07. The van der Waals surface area contributed by atoms with Gasteiger partial charge in [0.05, 0.1) is 9.37 Å². The molecule has 0 heterocycles. The summed E-state index contributed by atoms with van der Waals surface area (Å²) in [6.45, 7) is 1.92. The number of sulfonamides is 1. The average molecular weight is 379 g/mol. The molecule has 0 aliphatic heterocycles. The summed E-state index contributed by atoms with van der Waals surface area (Å²) in [5.41, 5.74) is -0.393. The monoisotopic (exact) mass is 378 g/mol. The lowest BCUT2D eigenvalue weighted by Crippen LogP contribution is -2.43. The summed E-state index contributed by atoms with van der Waals surface area (Å²) in [5, 5.41) is 7.87. The maximum Gasteiger partial charge on any atom is 0.251 e. The van der Waals surface area contributed by atoms with Crippen LogP contribution in [0.5, 0.6) is 0 Å². The van der Waals surface area contributed by atoms with Crippen molar-refractivity contribution < 1.29 is 17.6 Å². The maximum absolute atomic E-state index is 13.8. The minimum absolute atomic E-state index is 0.0622. The zero-order valence-corrected chi connectivity index (χ0v) is 13.9. The first-order chi connectivity index (χ1) is 9.62. The van der Waals surface area contributed by atoms with Crippen molar-refractivity contribution in [2.75, 3.05) is 0 Å². The molecule has 1 aromatic rings. The van der Waals surface area contributed by atoms with Crippen molar-refractivity contribution >= 4 is 31.9 Å². The molecule has 116 valence electrons. The highest BCUT2D eigenvalue weighted by molar-refractivity contribution is 9.10. The van der Waals surface area contributed by atoms with Crippen LogP contribution in [0.1, 0.15) is 43.0 Å². The van der Waals surface area contributed by atoms with E-state index in [1.165, 1.54) is 0 Å². The van der Waals surface area contributed by atoms with Crippen LogP contribution in [0.2, 0.25) is 0 Å². The van der Waals surface area contributed by atoms with Gasteiger partial charge < -0.3 is 5.32 Å². The second-order valence-electron chi connectivity index (χ2n) is 5.54. The van der Waals surface area contributed by atoms with Crippen molar-refractivity contribution in [2.24, 2.45) is 5.14 Å². The van der Waals surface area contributed by atoms with Gasteiger partial charge in [-0.3, -0.25) is 4.79 Å². The molecule has 0 bridgehead atoms. The van der Waals surface area contributed by atoms with Gasteiger partial charge in [-0.25, -0.2) is 17.9 Å². The molecular formula is C13H16BrFN2O3S. The third-order valence-corrected chi connectivity index (χ3v) is 5.69. The molecule has 0 radical (unpaired) electrons. The summed E-state index contributed by atoms with van der Waals surface area (Å²) in [7, 11) is -4.12. The highest BCUT2D eigenvalue weighted by Crippen LogP contribution is 2.30. The van der Waals surface area contributed by atoms with Gasteiger partial charge in [0.15, 0.2) is 0 Å². The Labute approximate surface area is 131 Å². The van der Waals surface area contributed by atoms with Gasteiger partial charge in [0, 0.05) is 11.1 Å². The van der Waals surface area contributed by atoms with E-state index in [0.29, 0.717) is 0 Å². The van der Waals surface area contributed by atoms with Crippen molar-refractivity contribution in [2.45, 2.75) is 43.0 Å². The SMILES string of the molecule is CC1(NC(=O)c2cc(F)c(Br)c(S(N)(=O)=O)c2)CCCC1. The first-order valence-electron chi connectivity index (χ1n) is 6.47. The number of amides is 1. The molecule has 1 fully saturated rings. The Kier molecular flexibility index (Phi) is 4.41. The van der Waals surface area contributed by atoms with E-state index in [2.05, 4.69) is 21.2 Å². The van der Waals surface area contributed by atoms with Crippen molar-refractivity contribution in [3.05, 3.63) is 28.0 Å². The molecule has 0 unspecified atom stereocenters. The molecule has 1 amide bonds. The molecule has 1 aliphatic carbocycles. The maximum atomic E-state index is 13.8. The minimum Gasteiger partial charge on any atom is -0.347 e.